The van der Waals surface area contributed by atoms with E-state index in [0.717, 1.165) is 0 Å². The number of hydrogen-bond donors (Lipinski definition) is 0. The Kier molecular flexibility index (Phi) is 2.81. The van der Waals surface area contributed by atoms with Gasteiger partial charge in [0.1, 0.15) is 5.70 Å². The molecule has 1 aliphatic rings. The highest BCUT2D eigenvalue weighted by molar-refractivity contribution is 8.03. The fourth-order valence-corrected chi connectivity index (χ4v) is 2.10. The van der Waals surface area contributed by atoms with Gasteiger partial charge in [-0.3, -0.25) is 0 Å². The molecule has 0 saturated heterocycles. The lowest BCUT2D eigenvalue weighted by Crippen LogP contribution is -2.29. The molecule has 0 N–H and O–H groups in total. The Morgan fingerprint density at radius 1 is 1.62 bits per heavy atom. The predicted octanol–water partition coefficient (Wildman–Crippen LogP) is 2.42. The van der Waals surface area contributed by atoms with Crippen molar-refractivity contribution >= 4 is 11.8 Å². The molecule has 0 spiro atoms. The average molecular weight is 207 g/mol. The predicted molar refractivity (Wildman–Crippen MR) is 46.8 cm³/mol. The van der Waals surface area contributed by atoms with Gasteiger partial charge in [-0.2, -0.15) is 13.2 Å². The van der Waals surface area contributed by atoms with E-state index in [1.165, 1.54) is 23.6 Å². The van der Waals surface area contributed by atoms with E-state index in [2.05, 4.69) is 5.92 Å². The first kappa shape index (κ1) is 10.3. The molecule has 0 aliphatic carbocycles. The van der Waals surface area contributed by atoms with Crippen LogP contribution in [0.3, 0.4) is 0 Å². The van der Waals surface area contributed by atoms with Gasteiger partial charge in [0.25, 0.3) is 0 Å². The second-order valence-corrected chi connectivity index (χ2v) is 3.74. The van der Waals surface area contributed by atoms with E-state index >= 15 is 0 Å². The second kappa shape index (κ2) is 3.54. The monoisotopic (exact) mass is 207 g/mol. The molecule has 0 radical (unpaired) electrons. The van der Waals surface area contributed by atoms with Crippen LogP contribution in [0.15, 0.2) is 10.6 Å². The van der Waals surface area contributed by atoms with Crippen molar-refractivity contribution in [1.29, 1.82) is 0 Å². The van der Waals surface area contributed by atoms with Crippen LogP contribution in [-0.4, -0.2) is 23.5 Å². The van der Waals surface area contributed by atoms with E-state index in [1.807, 2.05) is 0 Å². The maximum Gasteiger partial charge on any atom is 0.431 e. The fraction of sp³-hybridized carbons (Fsp3) is 0.500. The van der Waals surface area contributed by atoms with Crippen LogP contribution in [0, 0.1) is 12.3 Å². The summed E-state index contributed by atoms with van der Waals surface area (Å²) in [5.41, 5.74) is -0.588. The minimum absolute atomic E-state index is 0.0131. The molecule has 0 aromatic rings. The van der Waals surface area contributed by atoms with Crippen LogP contribution in [0.4, 0.5) is 13.2 Å². The van der Waals surface area contributed by atoms with E-state index in [0.29, 0.717) is 10.8 Å². The zero-order valence-electron chi connectivity index (χ0n) is 6.98. The van der Waals surface area contributed by atoms with Gasteiger partial charge in [0.05, 0.1) is 12.4 Å². The third kappa shape index (κ3) is 2.13. The van der Waals surface area contributed by atoms with Crippen LogP contribution < -0.4 is 0 Å². The summed E-state index contributed by atoms with van der Waals surface area (Å²) in [6, 6.07) is 0. The first-order valence-corrected chi connectivity index (χ1v) is 4.54. The number of nitrogens with zero attached hydrogens (tertiary/aromatic N) is 1. The van der Waals surface area contributed by atoms with Crippen molar-refractivity contribution in [3.63, 3.8) is 0 Å². The molecule has 5 heteroatoms. The van der Waals surface area contributed by atoms with Crippen LogP contribution in [0.2, 0.25) is 0 Å². The zero-order valence-corrected chi connectivity index (χ0v) is 7.80. The van der Waals surface area contributed by atoms with Gasteiger partial charge in [-0.05, 0) is 6.92 Å². The van der Waals surface area contributed by atoms with Crippen LogP contribution in [0.5, 0.6) is 0 Å². The first-order valence-electron chi connectivity index (χ1n) is 3.56. The van der Waals surface area contributed by atoms with Crippen molar-refractivity contribution < 1.29 is 13.2 Å². The van der Waals surface area contributed by atoms with Gasteiger partial charge in [0, 0.05) is 4.91 Å². The number of allylic oxidation sites excluding steroid dienone is 2. The molecule has 1 heterocycles. The van der Waals surface area contributed by atoms with Gasteiger partial charge in [-0.25, -0.2) is 0 Å². The number of thioether (sulfide) groups is 1. The lowest BCUT2D eigenvalue weighted by Gasteiger charge is -2.20. The molecule has 0 bridgehead atoms. The third-order valence-electron chi connectivity index (χ3n) is 1.64. The molecule has 0 fully saturated rings. The van der Waals surface area contributed by atoms with Crippen molar-refractivity contribution in [3.05, 3.63) is 10.6 Å². The van der Waals surface area contributed by atoms with Gasteiger partial charge in [0.2, 0.25) is 0 Å². The van der Waals surface area contributed by atoms with E-state index in [1.54, 1.807) is 0 Å². The third-order valence-corrected chi connectivity index (χ3v) is 2.70. The highest BCUT2D eigenvalue weighted by Gasteiger charge is 2.41. The van der Waals surface area contributed by atoms with Gasteiger partial charge in [-0.15, -0.1) is 18.2 Å². The summed E-state index contributed by atoms with van der Waals surface area (Å²) >= 11 is 1.17. The van der Waals surface area contributed by atoms with E-state index in [9.17, 15) is 13.2 Å². The summed E-state index contributed by atoms with van der Waals surface area (Å²) < 4.78 is 37.2. The van der Waals surface area contributed by atoms with Crippen molar-refractivity contribution in [1.82, 2.24) is 4.90 Å². The van der Waals surface area contributed by atoms with Crippen LogP contribution in [0.25, 0.3) is 0 Å². The molecule has 0 unspecified atom stereocenters. The van der Waals surface area contributed by atoms with Crippen molar-refractivity contribution in [2.24, 2.45) is 0 Å². The Bertz CT molecular complexity index is 274. The summed E-state index contributed by atoms with van der Waals surface area (Å²) in [4.78, 5) is 1.46. The number of terminal acetylenes is 1. The minimum Gasteiger partial charge on any atom is -0.346 e. The summed E-state index contributed by atoms with van der Waals surface area (Å²) in [6.07, 6.45) is 0.681. The fourth-order valence-electron chi connectivity index (χ4n) is 1.14. The van der Waals surface area contributed by atoms with Gasteiger partial charge < -0.3 is 4.90 Å². The average Bonchev–Trinajstić information content (AvgIpc) is 2.31. The maximum absolute atomic E-state index is 12.4. The SMILES string of the molecule is C#CCN1CSC(C)=C1C(F)(F)F. The molecule has 13 heavy (non-hydrogen) atoms. The molecule has 0 atom stereocenters. The molecule has 0 amide bonds. The molecule has 0 aromatic carbocycles. The molecule has 1 nitrogen and oxygen atoms in total. The van der Waals surface area contributed by atoms with E-state index in [-0.39, 0.29) is 6.54 Å². The summed E-state index contributed by atoms with van der Waals surface area (Å²) in [6.45, 7) is 1.48. The smallest absolute Gasteiger partial charge is 0.346 e. The number of alkyl halides is 3. The molecule has 72 valence electrons. The first-order chi connectivity index (χ1) is 5.96. The maximum atomic E-state index is 12.4. The number of hydrogen-bond acceptors (Lipinski definition) is 2. The molecule has 0 saturated carbocycles. The molecule has 1 rings (SSSR count). The van der Waals surface area contributed by atoms with Crippen LogP contribution in [0.1, 0.15) is 6.92 Å². The quantitative estimate of drug-likeness (QED) is 0.607. The Hall–Kier alpha value is -0.760. The molecule has 0 aromatic heterocycles. The number of halogens is 3. The summed E-state index contributed by atoms with van der Waals surface area (Å²) in [7, 11) is 0. The number of rotatable bonds is 1. The lowest BCUT2D eigenvalue weighted by atomic mass is 10.3. The zero-order chi connectivity index (χ0) is 10.1. The molecular formula is C8H8F3NS. The topological polar surface area (TPSA) is 3.24 Å². The van der Waals surface area contributed by atoms with Gasteiger partial charge in [-0.1, -0.05) is 5.92 Å². The highest BCUT2D eigenvalue weighted by atomic mass is 32.2. The minimum atomic E-state index is -4.29. The van der Waals surface area contributed by atoms with Crippen molar-refractivity contribution in [3.8, 4) is 12.3 Å². The molecule has 1 aliphatic heterocycles. The van der Waals surface area contributed by atoms with E-state index in [4.69, 9.17) is 6.42 Å². The van der Waals surface area contributed by atoms with Crippen molar-refractivity contribution in [2.75, 3.05) is 12.4 Å². The Morgan fingerprint density at radius 3 is 2.69 bits per heavy atom. The largest absolute Gasteiger partial charge is 0.431 e. The van der Waals surface area contributed by atoms with Crippen molar-refractivity contribution in [2.45, 2.75) is 13.1 Å². The summed E-state index contributed by atoms with van der Waals surface area (Å²) in [5, 5.41) is 0. The van der Waals surface area contributed by atoms with Gasteiger partial charge >= 0.3 is 6.18 Å². The second-order valence-electron chi connectivity index (χ2n) is 2.58. The normalized spacial score (nSPS) is 17.9. The van der Waals surface area contributed by atoms with Gasteiger partial charge in [0.15, 0.2) is 0 Å². The Morgan fingerprint density at radius 2 is 2.23 bits per heavy atom. The standard InChI is InChI=1S/C8H8F3NS/c1-3-4-12-5-13-6(2)7(12)8(9,10)11/h1H,4-5H2,2H3. The van der Waals surface area contributed by atoms with E-state index < -0.39 is 11.9 Å². The Labute approximate surface area is 79.0 Å². The lowest BCUT2D eigenvalue weighted by molar-refractivity contribution is -0.108. The van der Waals surface area contributed by atoms with Crippen LogP contribution in [-0.2, 0) is 0 Å². The summed E-state index contributed by atoms with van der Waals surface area (Å²) in [5.74, 6) is 2.51. The highest BCUT2D eigenvalue weighted by Crippen LogP contribution is 2.40. The molecular weight excluding hydrogens is 199 g/mol. The van der Waals surface area contributed by atoms with Crippen LogP contribution >= 0.6 is 11.8 Å². The Balaban J connectivity index is 2.90.